The quantitative estimate of drug-likeness (QED) is 0.557. The molecule has 0 aliphatic carbocycles. The molecule has 0 fully saturated rings. The molecule has 1 aromatic rings. The number of hydrogen-bond acceptors (Lipinski definition) is 4. The number of nitrogens with zero attached hydrogens (tertiary/aromatic N) is 1. The standard InChI is InChI=1S/C7H7NO4/c1-11-7(10)12-8-5-3-2-4-6(8)9/h2-5H,1H3. The van der Waals surface area contributed by atoms with E-state index in [9.17, 15) is 9.59 Å². The predicted octanol–water partition coefficient (Wildman–Crippen LogP) is 0.0433. The van der Waals surface area contributed by atoms with Crippen LogP contribution in [0.1, 0.15) is 0 Å². The Hall–Kier alpha value is -1.78. The van der Waals surface area contributed by atoms with Crippen molar-refractivity contribution < 1.29 is 14.4 Å². The van der Waals surface area contributed by atoms with Crippen LogP contribution in [0.15, 0.2) is 29.2 Å². The normalized spacial score (nSPS) is 9.08. The lowest BCUT2D eigenvalue weighted by molar-refractivity contribution is 0.0607. The molecular weight excluding hydrogens is 162 g/mol. The lowest BCUT2D eigenvalue weighted by atomic mass is 10.5. The third-order valence-electron chi connectivity index (χ3n) is 1.13. The molecule has 0 N–H and O–H groups in total. The molecule has 0 aliphatic heterocycles. The van der Waals surface area contributed by atoms with Gasteiger partial charge in [-0.15, -0.1) is 4.73 Å². The second kappa shape index (κ2) is 3.56. The SMILES string of the molecule is COC(=O)On1ccccc1=O. The van der Waals surface area contributed by atoms with Gasteiger partial charge in [-0.25, -0.2) is 4.79 Å². The molecule has 0 spiro atoms. The van der Waals surface area contributed by atoms with E-state index in [1.54, 1.807) is 12.1 Å². The highest BCUT2D eigenvalue weighted by Gasteiger charge is 2.02. The molecule has 64 valence electrons. The topological polar surface area (TPSA) is 57.5 Å². The van der Waals surface area contributed by atoms with Crippen molar-refractivity contribution in [2.45, 2.75) is 0 Å². The second-order valence-electron chi connectivity index (χ2n) is 1.91. The molecule has 5 heteroatoms. The van der Waals surface area contributed by atoms with Gasteiger partial charge in [0.2, 0.25) is 0 Å². The minimum Gasteiger partial charge on any atom is -0.436 e. The molecule has 1 aromatic heterocycles. The van der Waals surface area contributed by atoms with E-state index in [1.807, 2.05) is 0 Å². The molecule has 12 heavy (non-hydrogen) atoms. The van der Waals surface area contributed by atoms with Crippen LogP contribution in [-0.4, -0.2) is 18.0 Å². The molecule has 0 atom stereocenters. The van der Waals surface area contributed by atoms with E-state index in [0.29, 0.717) is 0 Å². The zero-order valence-corrected chi connectivity index (χ0v) is 6.39. The maximum absolute atomic E-state index is 10.9. The molecule has 0 radical (unpaired) electrons. The minimum atomic E-state index is -0.928. The molecule has 0 aliphatic rings. The van der Waals surface area contributed by atoms with Gasteiger partial charge in [0.25, 0.3) is 5.56 Å². The first kappa shape index (κ1) is 8.32. The maximum Gasteiger partial charge on any atom is 0.533 e. The van der Waals surface area contributed by atoms with Gasteiger partial charge in [0.15, 0.2) is 0 Å². The van der Waals surface area contributed by atoms with Crippen molar-refractivity contribution in [2.75, 3.05) is 7.11 Å². The van der Waals surface area contributed by atoms with Crippen LogP contribution in [0, 0.1) is 0 Å². The summed E-state index contributed by atoms with van der Waals surface area (Å²) in [5.41, 5.74) is -0.428. The van der Waals surface area contributed by atoms with Gasteiger partial charge in [0.05, 0.1) is 7.11 Å². The third-order valence-corrected chi connectivity index (χ3v) is 1.13. The predicted molar refractivity (Wildman–Crippen MR) is 39.7 cm³/mol. The monoisotopic (exact) mass is 169 g/mol. The van der Waals surface area contributed by atoms with E-state index < -0.39 is 11.7 Å². The van der Waals surface area contributed by atoms with Crippen molar-refractivity contribution in [3.8, 4) is 0 Å². The third kappa shape index (κ3) is 1.85. The Morgan fingerprint density at radius 2 is 2.25 bits per heavy atom. The summed E-state index contributed by atoms with van der Waals surface area (Å²) in [6.07, 6.45) is 0.391. The van der Waals surface area contributed by atoms with Crippen molar-refractivity contribution in [3.63, 3.8) is 0 Å². The van der Waals surface area contributed by atoms with Crippen LogP contribution in [0.5, 0.6) is 0 Å². The van der Waals surface area contributed by atoms with Crippen LogP contribution in [0.25, 0.3) is 0 Å². The van der Waals surface area contributed by atoms with Crippen molar-refractivity contribution in [1.82, 2.24) is 4.73 Å². The molecule has 0 amide bonds. The number of carbonyl (C=O) groups excluding carboxylic acids is 1. The smallest absolute Gasteiger partial charge is 0.436 e. The summed E-state index contributed by atoms with van der Waals surface area (Å²) in [6, 6.07) is 4.37. The van der Waals surface area contributed by atoms with Crippen molar-refractivity contribution in [1.29, 1.82) is 0 Å². The molecule has 1 heterocycles. The van der Waals surface area contributed by atoms with E-state index in [0.717, 1.165) is 11.8 Å². The molecule has 0 bridgehead atoms. The summed E-state index contributed by atoms with van der Waals surface area (Å²) in [7, 11) is 1.16. The van der Waals surface area contributed by atoms with Crippen LogP contribution in [0.4, 0.5) is 4.79 Å². The summed E-state index contributed by atoms with van der Waals surface area (Å²) in [4.78, 5) is 25.9. The Kier molecular flexibility index (Phi) is 2.47. The first-order chi connectivity index (χ1) is 5.74. The Morgan fingerprint density at radius 1 is 1.50 bits per heavy atom. The van der Waals surface area contributed by atoms with E-state index in [1.165, 1.54) is 12.3 Å². The van der Waals surface area contributed by atoms with Crippen LogP contribution in [0.3, 0.4) is 0 Å². The number of rotatable bonds is 1. The maximum atomic E-state index is 10.9. The fraction of sp³-hybridized carbons (Fsp3) is 0.143. The van der Waals surface area contributed by atoms with Crippen LogP contribution in [0.2, 0.25) is 0 Å². The largest absolute Gasteiger partial charge is 0.533 e. The first-order valence-electron chi connectivity index (χ1n) is 3.18. The van der Waals surface area contributed by atoms with E-state index in [2.05, 4.69) is 9.57 Å². The number of methoxy groups -OCH3 is 1. The molecule has 1 rings (SSSR count). The fourth-order valence-electron chi connectivity index (χ4n) is 0.606. The van der Waals surface area contributed by atoms with Crippen LogP contribution < -0.4 is 10.4 Å². The van der Waals surface area contributed by atoms with Crippen LogP contribution in [-0.2, 0) is 4.74 Å². The van der Waals surface area contributed by atoms with Crippen LogP contribution >= 0.6 is 0 Å². The second-order valence-corrected chi connectivity index (χ2v) is 1.91. The van der Waals surface area contributed by atoms with Gasteiger partial charge in [0, 0.05) is 12.3 Å². The van der Waals surface area contributed by atoms with Crippen molar-refractivity contribution in [3.05, 3.63) is 34.7 Å². The van der Waals surface area contributed by atoms with E-state index >= 15 is 0 Å². The Bertz CT molecular complexity index is 330. The highest BCUT2D eigenvalue weighted by molar-refractivity contribution is 5.59. The average Bonchev–Trinajstić information content (AvgIpc) is 2.09. The molecular formula is C7H7NO4. The van der Waals surface area contributed by atoms with Gasteiger partial charge in [-0.1, -0.05) is 6.07 Å². The fourth-order valence-corrected chi connectivity index (χ4v) is 0.606. The number of carbonyl (C=O) groups is 1. The highest BCUT2D eigenvalue weighted by Crippen LogP contribution is 1.80. The molecule has 5 nitrogen and oxygen atoms in total. The summed E-state index contributed by atoms with van der Waals surface area (Å²) < 4.78 is 4.97. The van der Waals surface area contributed by atoms with Gasteiger partial charge < -0.3 is 4.74 Å². The van der Waals surface area contributed by atoms with Gasteiger partial charge in [-0.3, -0.25) is 9.63 Å². The van der Waals surface area contributed by atoms with Crippen molar-refractivity contribution >= 4 is 6.16 Å². The molecule has 0 unspecified atom stereocenters. The minimum absolute atomic E-state index is 0.428. The first-order valence-corrected chi connectivity index (χ1v) is 3.18. The zero-order valence-electron chi connectivity index (χ0n) is 6.39. The number of ether oxygens (including phenoxy) is 1. The van der Waals surface area contributed by atoms with E-state index in [4.69, 9.17) is 0 Å². The molecule has 0 saturated heterocycles. The lowest BCUT2D eigenvalue weighted by Crippen LogP contribution is -2.29. The lowest BCUT2D eigenvalue weighted by Gasteiger charge is -2.02. The highest BCUT2D eigenvalue weighted by atomic mass is 16.8. The number of hydrogen-bond donors (Lipinski definition) is 0. The Morgan fingerprint density at radius 3 is 2.83 bits per heavy atom. The van der Waals surface area contributed by atoms with E-state index in [-0.39, 0.29) is 0 Å². The summed E-state index contributed by atoms with van der Waals surface area (Å²) in [6.45, 7) is 0. The summed E-state index contributed by atoms with van der Waals surface area (Å²) in [5.74, 6) is 0. The Balaban J connectivity index is 2.83. The average molecular weight is 169 g/mol. The summed E-state index contributed by atoms with van der Waals surface area (Å²) >= 11 is 0. The molecule has 0 saturated carbocycles. The summed E-state index contributed by atoms with van der Waals surface area (Å²) in [5, 5.41) is 0. The number of aromatic nitrogens is 1. The molecule has 0 aromatic carbocycles. The van der Waals surface area contributed by atoms with Gasteiger partial charge in [-0.2, -0.15) is 0 Å². The van der Waals surface area contributed by atoms with Crippen molar-refractivity contribution in [2.24, 2.45) is 0 Å². The Labute approximate surface area is 68.1 Å². The number of pyridine rings is 1. The van der Waals surface area contributed by atoms with Gasteiger partial charge in [-0.05, 0) is 6.07 Å². The van der Waals surface area contributed by atoms with Gasteiger partial charge in [0.1, 0.15) is 0 Å². The zero-order chi connectivity index (χ0) is 8.97. The van der Waals surface area contributed by atoms with Gasteiger partial charge >= 0.3 is 6.16 Å².